The molecule has 0 bridgehead atoms. The standard InChI is InChI=1S/C21H26BNO2/c1-20(2)21(3,4)25-22(24-20)17(13-23)12-16-11-10-15-9-8-14-6-5-7-18(16)19(14)15/h5-7,10-12H,8-9,13,23H2,1-4H3. The molecule has 1 aliphatic heterocycles. The Morgan fingerprint density at radius 3 is 2.32 bits per heavy atom. The summed E-state index contributed by atoms with van der Waals surface area (Å²) in [5, 5.41) is 2.72. The van der Waals surface area contributed by atoms with Crippen molar-refractivity contribution in [1.29, 1.82) is 0 Å². The maximum absolute atomic E-state index is 6.19. The molecule has 1 fully saturated rings. The Hall–Kier alpha value is -1.62. The molecule has 0 amide bonds. The number of nitrogens with two attached hydrogens (primary N) is 1. The van der Waals surface area contributed by atoms with Gasteiger partial charge >= 0.3 is 7.12 Å². The van der Waals surface area contributed by atoms with Crippen LogP contribution < -0.4 is 5.73 Å². The molecule has 0 saturated carbocycles. The molecule has 4 heteroatoms. The molecule has 1 saturated heterocycles. The average molecular weight is 335 g/mol. The van der Waals surface area contributed by atoms with Crippen LogP contribution in [0.25, 0.3) is 16.8 Å². The maximum atomic E-state index is 6.19. The van der Waals surface area contributed by atoms with E-state index in [0.717, 1.165) is 18.3 Å². The number of hydrogen-bond donors (Lipinski definition) is 1. The SMILES string of the molecule is CC1(C)OB(C(=Cc2ccc3c4c(cccc24)CC3)CN)OC1(C)C. The van der Waals surface area contributed by atoms with E-state index < -0.39 is 7.12 Å². The molecule has 0 aromatic heterocycles. The van der Waals surface area contributed by atoms with Gasteiger partial charge in [0.2, 0.25) is 0 Å². The highest BCUT2D eigenvalue weighted by molar-refractivity contribution is 6.56. The topological polar surface area (TPSA) is 44.5 Å². The first-order chi connectivity index (χ1) is 11.8. The van der Waals surface area contributed by atoms with E-state index in [2.05, 4.69) is 64.1 Å². The zero-order valence-electron chi connectivity index (χ0n) is 15.6. The van der Waals surface area contributed by atoms with Crippen LogP contribution >= 0.6 is 0 Å². The normalized spacial score (nSPS) is 21.3. The molecule has 2 N–H and O–H groups in total. The Kier molecular flexibility index (Phi) is 3.84. The van der Waals surface area contributed by atoms with E-state index in [4.69, 9.17) is 15.0 Å². The molecule has 1 heterocycles. The van der Waals surface area contributed by atoms with Crippen LogP contribution in [0.3, 0.4) is 0 Å². The van der Waals surface area contributed by atoms with Gasteiger partial charge in [-0.2, -0.15) is 0 Å². The van der Waals surface area contributed by atoms with Crippen LogP contribution in [-0.2, 0) is 22.2 Å². The van der Waals surface area contributed by atoms with Gasteiger partial charge in [-0.1, -0.05) is 36.4 Å². The largest absolute Gasteiger partial charge is 0.491 e. The molecular weight excluding hydrogens is 309 g/mol. The van der Waals surface area contributed by atoms with Gasteiger partial charge in [-0.15, -0.1) is 0 Å². The van der Waals surface area contributed by atoms with Crippen molar-refractivity contribution in [2.24, 2.45) is 5.73 Å². The van der Waals surface area contributed by atoms with Gasteiger partial charge in [-0.25, -0.2) is 0 Å². The minimum absolute atomic E-state index is 0.353. The first-order valence-corrected chi connectivity index (χ1v) is 9.12. The van der Waals surface area contributed by atoms with E-state index in [1.165, 1.54) is 27.5 Å². The Morgan fingerprint density at radius 2 is 1.68 bits per heavy atom. The summed E-state index contributed by atoms with van der Waals surface area (Å²) in [5.41, 5.74) is 10.4. The van der Waals surface area contributed by atoms with E-state index in [1.807, 2.05) is 0 Å². The molecular formula is C21H26BNO2. The van der Waals surface area contributed by atoms with Crippen LogP contribution in [0.15, 0.2) is 35.8 Å². The predicted octanol–water partition coefficient (Wildman–Crippen LogP) is 3.91. The Bertz CT molecular complexity index is 843. The molecule has 4 rings (SSSR count). The van der Waals surface area contributed by atoms with Crippen LogP contribution in [0.1, 0.15) is 44.4 Å². The lowest BCUT2D eigenvalue weighted by Gasteiger charge is -2.32. The smallest absolute Gasteiger partial charge is 0.400 e. The van der Waals surface area contributed by atoms with Crippen LogP contribution in [0, 0.1) is 0 Å². The van der Waals surface area contributed by atoms with E-state index in [0.29, 0.717) is 6.54 Å². The van der Waals surface area contributed by atoms with Gasteiger partial charge in [0.15, 0.2) is 0 Å². The minimum atomic E-state index is -0.391. The van der Waals surface area contributed by atoms with E-state index in [9.17, 15) is 0 Å². The summed E-state index contributed by atoms with van der Waals surface area (Å²) < 4.78 is 12.4. The first-order valence-electron chi connectivity index (χ1n) is 9.12. The molecule has 0 spiro atoms. The van der Waals surface area contributed by atoms with Crippen molar-refractivity contribution in [2.45, 2.75) is 51.7 Å². The van der Waals surface area contributed by atoms with E-state index in [1.54, 1.807) is 0 Å². The summed E-state index contributed by atoms with van der Waals surface area (Å²) in [6.07, 6.45) is 4.44. The fraction of sp³-hybridized carbons (Fsp3) is 0.429. The second kappa shape index (κ2) is 5.70. The Balaban J connectivity index is 1.77. The quantitative estimate of drug-likeness (QED) is 0.865. The van der Waals surface area contributed by atoms with Crippen molar-refractivity contribution in [1.82, 2.24) is 0 Å². The van der Waals surface area contributed by atoms with E-state index >= 15 is 0 Å². The molecule has 3 nitrogen and oxygen atoms in total. The van der Waals surface area contributed by atoms with Crippen molar-refractivity contribution >= 4 is 24.0 Å². The van der Waals surface area contributed by atoms with Gasteiger partial charge in [0, 0.05) is 6.54 Å². The fourth-order valence-electron chi connectivity index (χ4n) is 3.81. The third kappa shape index (κ3) is 2.64. The monoisotopic (exact) mass is 335 g/mol. The number of hydrogen-bond acceptors (Lipinski definition) is 3. The Labute approximate surface area is 150 Å². The lowest BCUT2D eigenvalue weighted by molar-refractivity contribution is 0.00578. The van der Waals surface area contributed by atoms with Crippen molar-refractivity contribution in [3.63, 3.8) is 0 Å². The number of rotatable bonds is 3. The average Bonchev–Trinajstić information content (AvgIpc) is 3.07. The highest BCUT2D eigenvalue weighted by Gasteiger charge is 2.52. The van der Waals surface area contributed by atoms with Crippen molar-refractivity contribution in [3.8, 4) is 0 Å². The van der Waals surface area contributed by atoms with E-state index in [-0.39, 0.29) is 11.2 Å². The van der Waals surface area contributed by atoms with Crippen molar-refractivity contribution in [3.05, 3.63) is 52.5 Å². The van der Waals surface area contributed by atoms with Gasteiger partial charge in [0.25, 0.3) is 0 Å². The number of aryl methyl sites for hydroxylation is 2. The fourth-order valence-corrected chi connectivity index (χ4v) is 3.81. The Morgan fingerprint density at radius 1 is 1.04 bits per heavy atom. The number of benzene rings is 2. The molecule has 1 aliphatic carbocycles. The van der Waals surface area contributed by atoms with Crippen LogP contribution in [0.5, 0.6) is 0 Å². The van der Waals surface area contributed by atoms with Gasteiger partial charge in [0.05, 0.1) is 11.2 Å². The highest BCUT2D eigenvalue weighted by atomic mass is 16.7. The highest BCUT2D eigenvalue weighted by Crippen LogP contribution is 2.39. The zero-order valence-corrected chi connectivity index (χ0v) is 15.6. The second-order valence-electron chi connectivity index (χ2n) is 8.17. The lowest BCUT2D eigenvalue weighted by atomic mass is 9.76. The third-order valence-electron chi connectivity index (χ3n) is 6.04. The first kappa shape index (κ1) is 16.8. The van der Waals surface area contributed by atoms with Crippen LogP contribution in [-0.4, -0.2) is 24.9 Å². The predicted molar refractivity (Wildman–Crippen MR) is 104 cm³/mol. The molecule has 25 heavy (non-hydrogen) atoms. The summed E-state index contributed by atoms with van der Waals surface area (Å²) in [6, 6.07) is 11.1. The zero-order chi connectivity index (χ0) is 17.8. The molecule has 0 unspecified atom stereocenters. The summed E-state index contributed by atoms with van der Waals surface area (Å²) in [7, 11) is -0.391. The van der Waals surface area contributed by atoms with Crippen molar-refractivity contribution < 1.29 is 9.31 Å². The molecule has 2 aliphatic rings. The lowest BCUT2D eigenvalue weighted by Crippen LogP contribution is -2.41. The summed E-state index contributed by atoms with van der Waals surface area (Å²) in [6.45, 7) is 8.69. The maximum Gasteiger partial charge on any atom is 0.491 e. The molecule has 130 valence electrons. The van der Waals surface area contributed by atoms with Gasteiger partial charge in [-0.3, -0.25) is 0 Å². The minimum Gasteiger partial charge on any atom is -0.400 e. The molecule has 0 radical (unpaired) electrons. The summed E-state index contributed by atoms with van der Waals surface area (Å²) >= 11 is 0. The third-order valence-corrected chi connectivity index (χ3v) is 6.04. The van der Waals surface area contributed by atoms with Gasteiger partial charge in [0.1, 0.15) is 0 Å². The van der Waals surface area contributed by atoms with Gasteiger partial charge in [-0.05, 0) is 73.5 Å². The van der Waals surface area contributed by atoms with Crippen molar-refractivity contribution in [2.75, 3.05) is 6.54 Å². The molecule has 2 aromatic rings. The molecule has 2 aromatic carbocycles. The molecule has 0 atom stereocenters. The van der Waals surface area contributed by atoms with Crippen LogP contribution in [0.4, 0.5) is 0 Å². The summed E-state index contributed by atoms with van der Waals surface area (Å²) in [4.78, 5) is 0. The van der Waals surface area contributed by atoms with Crippen LogP contribution in [0.2, 0.25) is 0 Å². The van der Waals surface area contributed by atoms with Gasteiger partial charge < -0.3 is 15.0 Å². The second-order valence-corrected chi connectivity index (χ2v) is 8.17. The summed E-state index contributed by atoms with van der Waals surface area (Å²) in [5.74, 6) is 0.